The summed E-state index contributed by atoms with van der Waals surface area (Å²) in [6.07, 6.45) is 11.8. The van der Waals surface area contributed by atoms with E-state index in [9.17, 15) is 4.79 Å². The summed E-state index contributed by atoms with van der Waals surface area (Å²) in [5.74, 6) is 1.71. The van der Waals surface area contributed by atoms with E-state index < -0.39 is 0 Å². The highest BCUT2D eigenvalue weighted by molar-refractivity contribution is 7.10. The van der Waals surface area contributed by atoms with Crippen LogP contribution in [0, 0.1) is 5.92 Å². The number of carbonyl (C=O) groups is 1. The normalized spacial score (nSPS) is 21.1. The zero-order chi connectivity index (χ0) is 20.4. The van der Waals surface area contributed by atoms with Crippen LogP contribution in [0.1, 0.15) is 49.3 Å². The molecule has 0 N–H and O–H groups in total. The van der Waals surface area contributed by atoms with Crippen molar-refractivity contribution in [2.24, 2.45) is 5.92 Å². The van der Waals surface area contributed by atoms with Gasteiger partial charge < -0.3 is 9.42 Å². The van der Waals surface area contributed by atoms with Crippen LogP contribution in [-0.4, -0.2) is 44.0 Å². The Morgan fingerprint density at radius 1 is 1.27 bits per heavy atom. The lowest BCUT2D eigenvalue weighted by Crippen LogP contribution is -2.49. The molecule has 1 aliphatic carbocycles. The molecule has 7 nitrogen and oxygen atoms in total. The Labute approximate surface area is 179 Å². The summed E-state index contributed by atoms with van der Waals surface area (Å²) in [6.45, 7) is 1.60. The molecule has 8 heteroatoms. The van der Waals surface area contributed by atoms with E-state index in [2.05, 4.69) is 42.5 Å². The van der Waals surface area contributed by atoms with Gasteiger partial charge in [-0.25, -0.2) is 4.98 Å². The molecule has 0 bridgehead atoms. The molecule has 30 heavy (non-hydrogen) atoms. The lowest BCUT2D eigenvalue weighted by Gasteiger charge is -2.38. The second-order valence-corrected chi connectivity index (χ2v) is 9.28. The number of amides is 1. The number of aromatic nitrogens is 4. The summed E-state index contributed by atoms with van der Waals surface area (Å²) in [7, 11) is 0. The largest absolute Gasteiger partial charge is 0.342 e. The molecule has 0 aromatic carbocycles. The molecule has 3 aromatic rings. The SMILES string of the molecule is O=C(N1CCCC(Cc2nc(-c3cnccn3)no2)C1)C1(c2cccs2)CCCC1. The Morgan fingerprint density at radius 2 is 2.17 bits per heavy atom. The fourth-order valence-corrected chi connectivity index (χ4v) is 5.90. The van der Waals surface area contributed by atoms with Gasteiger partial charge in [0.2, 0.25) is 17.6 Å². The second-order valence-electron chi connectivity index (χ2n) is 8.33. The predicted octanol–water partition coefficient (Wildman–Crippen LogP) is 3.88. The molecule has 3 aromatic heterocycles. The Bertz CT molecular complexity index is 982. The number of hydrogen-bond acceptors (Lipinski definition) is 7. The van der Waals surface area contributed by atoms with Gasteiger partial charge in [-0.05, 0) is 43.0 Å². The van der Waals surface area contributed by atoms with Crippen molar-refractivity contribution in [1.29, 1.82) is 0 Å². The van der Waals surface area contributed by atoms with Crippen molar-refractivity contribution in [3.63, 3.8) is 0 Å². The molecule has 2 fully saturated rings. The van der Waals surface area contributed by atoms with Gasteiger partial charge in [0.15, 0.2) is 0 Å². The van der Waals surface area contributed by atoms with Gasteiger partial charge in [-0.2, -0.15) is 4.98 Å². The topological polar surface area (TPSA) is 85.0 Å². The smallest absolute Gasteiger partial charge is 0.234 e. The Balaban J connectivity index is 1.28. The minimum atomic E-state index is -0.306. The van der Waals surface area contributed by atoms with Crippen LogP contribution in [0.25, 0.3) is 11.5 Å². The number of hydrogen-bond donors (Lipinski definition) is 0. The van der Waals surface area contributed by atoms with Crippen LogP contribution in [-0.2, 0) is 16.6 Å². The van der Waals surface area contributed by atoms with E-state index in [-0.39, 0.29) is 5.41 Å². The van der Waals surface area contributed by atoms with Crippen molar-refractivity contribution in [3.8, 4) is 11.5 Å². The monoisotopic (exact) mass is 423 g/mol. The van der Waals surface area contributed by atoms with Gasteiger partial charge >= 0.3 is 0 Å². The number of carbonyl (C=O) groups excluding carboxylic acids is 1. The summed E-state index contributed by atoms with van der Waals surface area (Å²) in [4.78, 5) is 29.8. The number of piperidine rings is 1. The maximum absolute atomic E-state index is 13.7. The summed E-state index contributed by atoms with van der Waals surface area (Å²) >= 11 is 1.72. The molecular formula is C22H25N5O2S. The lowest BCUT2D eigenvalue weighted by molar-refractivity contribution is -0.139. The van der Waals surface area contributed by atoms with E-state index in [1.165, 1.54) is 4.88 Å². The third-order valence-electron chi connectivity index (χ3n) is 6.39. The molecule has 0 spiro atoms. The van der Waals surface area contributed by atoms with Crippen molar-refractivity contribution in [2.45, 2.75) is 50.4 Å². The van der Waals surface area contributed by atoms with Crippen LogP contribution in [0.2, 0.25) is 0 Å². The summed E-state index contributed by atoms with van der Waals surface area (Å²) in [5.41, 5.74) is 0.298. The first-order valence-electron chi connectivity index (χ1n) is 10.7. The van der Waals surface area contributed by atoms with Crippen molar-refractivity contribution < 1.29 is 9.32 Å². The van der Waals surface area contributed by atoms with Crippen molar-refractivity contribution in [1.82, 2.24) is 25.0 Å². The first-order valence-corrected chi connectivity index (χ1v) is 11.5. The van der Waals surface area contributed by atoms with E-state index in [1.807, 2.05) is 0 Å². The maximum atomic E-state index is 13.7. The molecule has 2 aliphatic rings. The highest BCUT2D eigenvalue weighted by Gasteiger charge is 2.46. The summed E-state index contributed by atoms with van der Waals surface area (Å²) < 4.78 is 5.47. The zero-order valence-corrected chi connectivity index (χ0v) is 17.7. The maximum Gasteiger partial charge on any atom is 0.234 e. The van der Waals surface area contributed by atoms with Crippen LogP contribution >= 0.6 is 11.3 Å². The Hall–Kier alpha value is -2.61. The first kappa shape index (κ1) is 19.4. The van der Waals surface area contributed by atoms with Crippen LogP contribution in [0.4, 0.5) is 0 Å². The first-order chi connectivity index (χ1) is 14.7. The van der Waals surface area contributed by atoms with Crippen LogP contribution in [0.3, 0.4) is 0 Å². The van der Waals surface area contributed by atoms with Gasteiger partial charge in [0, 0.05) is 36.8 Å². The molecule has 0 radical (unpaired) electrons. The highest BCUT2D eigenvalue weighted by atomic mass is 32.1. The molecule has 1 aliphatic heterocycles. The molecule has 4 heterocycles. The average molecular weight is 424 g/mol. The number of thiophene rings is 1. The van der Waals surface area contributed by atoms with E-state index in [4.69, 9.17) is 4.52 Å². The van der Waals surface area contributed by atoms with Crippen LogP contribution < -0.4 is 0 Å². The van der Waals surface area contributed by atoms with E-state index >= 15 is 0 Å². The highest BCUT2D eigenvalue weighted by Crippen LogP contribution is 2.45. The molecule has 156 valence electrons. The fourth-order valence-electron chi connectivity index (χ4n) is 4.92. The quantitative estimate of drug-likeness (QED) is 0.619. The van der Waals surface area contributed by atoms with Gasteiger partial charge in [-0.15, -0.1) is 11.3 Å². The lowest BCUT2D eigenvalue weighted by atomic mass is 9.81. The van der Waals surface area contributed by atoms with E-state index in [0.717, 1.165) is 51.6 Å². The molecule has 1 amide bonds. The molecular weight excluding hydrogens is 398 g/mol. The number of rotatable bonds is 5. The van der Waals surface area contributed by atoms with Crippen molar-refractivity contribution >= 4 is 17.2 Å². The van der Waals surface area contributed by atoms with Gasteiger partial charge in [0.05, 0.1) is 11.6 Å². The van der Waals surface area contributed by atoms with Crippen molar-refractivity contribution in [3.05, 3.63) is 46.9 Å². The van der Waals surface area contributed by atoms with Crippen LogP contribution in [0.15, 0.2) is 40.6 Å². The fraction of sp³-hybridized carbons (Fsp3) is 0.500. The van der Waals surface area contributed by atoms with Gasteiger partial charge in [-0.1, -0.05) is 24.1 Å². The number of likely N-dealkylation sites (tertiary alicyclic amines) is 1. The molecule has 1 saturated heterocycles. The summed E-state index contributed by atoms with van der Waals surface area (Å²) in [6, 6.07) is 4.21. The van der Waals surface area contributed by atoms with Gasteiger partial charge in [0.25, 0.3) is 0 Å². The van der Waals surface area contributed by atoms with Crippen LogP contribution in [0.5, 0.6) is 0 Å². The minimum absolute atomic E-state index is 0.306. The zero-order valence-electron chi connectivity index (χ0n) is 16.9. The Morgan fingerprint density at radius 3 is 2.93 bits per heavy atom. The third kappa shape index (κ3) is 3.64. The van der Waals surface area contributed by atoms with E-state index in [0.29, 0.717) is 35.7 Å². The molecule has 1 saturated carbocycles. The predicted molar refractivity (Wildman–Crippen MR) is 113 cm³/mol. The Kier molecular flexibility index (Phi) is 5.33. The minimum Gasteiger partial charge on any atom is -0.342 e. The standard InChI is InChI=1S/C22H25N5O2S/c28-21(22(7-1-2-8-22)18-6-4-12-30-18)27-11-3-5-16(15-27)13-19-25-20(26-29-19)17-14-23-9-10-24-17/h4,6,9-10,12,14,16H,1-3,5,7-8,11,13,15H2. The molecule has 1 unspecified atom stereocenters. The third-order valence-corrected chi connectivity index (χ3v) is 7.46. The van der Waals surface area contributed by atoms with Gasteiger partial charge in [0.1, 0.15) is 5.69 Å². The average Bonchev–Trinajstić information content (AvgIpc) is 3.56. The van der Waals surface area contributed by atoms with E-state index in [1.54, 1.807) is 29.9 Å². The summed E-state index contributed by atoms with van der Waals surface area (Å²) in [5, 5.41) is 6.14. The molecule has 1 atom stereocenters. The number of nitrogens with zero attached hydrogens (tertiary/aromatic N) is 5. The van der Waals surface area contributed by atoms with Gasteiger partial charge in [-0.3, -0.25) is 9.78 Å². The second kappa shape index (κ2) is 8.26. The van der Waals surface area contributed by atoms with Crippen molar-refractivity contribution in [2.75, 3.05) is 13.1 Å². The molecule has 5 rings (SSSR count).